The zero-order chi connectivity index (χ0) is 14.7. The van der Waals surface area contributed by atoms with Crippen LogP contribution in [0.2, 0.25) is 0 Å². The predicted molar refractivity (Wildman–Crippen MR) is 84.6 cm³/mol. The maximum absolute atomic E-state index is 6.14. The van der Waals surface area contributed by atoms with E-state index in [4.69, 9.17) is 14.7 Å². The molecule has 1 aromatic rings. The van der Waals surface area contributed by atoms with Crippen molar-refractivity contribution < 1.29 is 4.74 Å². The van der Waals surface area contributed by atoms with Crippen LogP contribution < -0.4 is 5.32 Å². The molecule has 4 heteroatoms. The van der Waals surface area contributed by atoms with Gasteiger partial charge in [0.15, 0.2) is 5.82 Å². The summed E-state index contributed by atoms with van der Waals surface area (Å²) in [5.74, 6) is 2.00. The Morgan fingerprint density at radius 1 is 1.10 bits per heavy atom. The Morgan fingerprint density at radius 2 is 1.90 bits per heavy atom. The second-order valence-corrected chi connectivity index (χ2v) is 6.24. The molecule has 2 aliphatic carbocycles. The molecule has 0 bridgehead atoms. The van der Waals surface area contributed by atoms with Crippen LogP contribution in [-0.4, -0.2) is 23.1 Å². The number of aryl methyl sites for hydroxylation is 1. The molecular formula is C17H27N3O. The number of hydrogen-bond donors (Lipinski definition) is 1. The van der Waals surface area contributed by atoms with Gasteiger partial charge in [-0.15, -0.1) is 0 Å². The number of rotatable bonds is 6. The van der Waals surface area contributed by atoms with Gasteiger partial charge in [-0.25, -0.2) is 9.97 Å². The van der Waals surface area contributed by atoms with Crippen molar-refractivity contribution in [3.63, 3.8) is 0 Å². The third kappa shape index (κ3) is 2.78. The van der Waals surface area contributed by atoms with Crippen LogP contribution in [0, 0.1) is 0 Å². The Bertz CT molecular complexity index is 495. The molecule has 0 aliphatic heterocycles. The van der Waals surface area contributed by atoms with Crippen LogP contribution in [0.25, 0.3) is 0 Å². The van der Waals surface area contributed by atoms with Crippen molar-refractivity contribution in [2.75, 3.05) is 18.5 Å². The van der Waals surface area contributed by atoms with Gasteiger partial charge in [-0.3, -0.25) is 0 Å². The van der Waals surface area contributed by atoms with E-state index >= 15 is 0 Å². The Balaban J connectivity index is 1.98. The molecule has 116 valence electrons. The molecule has 4 nitrogen and oxygen atoms in total. The second kappa shape index (κ2) is 6.30. The summed E-state index contributed by atoms with van der Waals surface area (Å²) in [6.07, 6.45) is 9.09. The van der Waals surface area contributed by atoms with Crippen LogP contribution >= 0.6 is 0 Å². The van der Waals surface area contributed by atoms with Gasteiger partial charge >= 0.3 is 0 Å². The molecule has 1 heterocycles. The highest BCUT2D eigenvalue weighted by atomic mass is 16.5. The monoisotopic (exact) mass is 289 g/mol. The van der Waals surface area contributed by atoms with Crippen LogP contribution in [0.15, 0.2) is 0 Å². The summed E-state index contributed by atoms with van der Waals surface area (Å²) >= 11 is 0. The van der Waals surface area contributed by atoms with E-state index < -0.39 is 0 Å². The van der Waals surface area contributed by atoms with Crippen molar-refractivity contribution in [3.05, 3.63) is 17.1 Å². The second-order valence-electron chi connectivity index (χ2n) is 6.24. The van der Waals surface area contributed by atoms with Gasteiger partial charge in [0.1, 0.15) is 11.4 Å². The zero-order valence-electron chi connectivity index (χ0n) is 13.4. The Morgan fingerprint density at radius 3 is 2.62 bits per heavy atom. The van der Waals surface area contributed by atoms with Crippen molar-refractivity contribution in [2.45, 2.75) is 70.8 Å². The molecule has 2 aliphatic rings. The predicted octanol–water partition coefficient (Wildman–Crippen LogP) is 3.59. The van der Waals surface area contributed by atoms with Gasteiger partial charge < -0.3 is 10.1 Å². The van der Waals surface area contributed by atoms with E-state index in [9.17, 15) is 0 Å². The van der Waals surface area contributed by atoms with E-state index in [2.05, 4.69) is 19.2 Å². The number of nitrogens with one attached hydrogen (secondary N) is 1. The van der Waals surface area contributed by atoms with Crippen LogP contribution in [-0.2, 0) is 23.2 Å². The summed E-state index contributed by atoms with van der Waals surface area (Å²) in [5, 5.41) is 3.51. The van der Waals surface area contributed by atoms with Crippen molar-refractivity contribution in [2.24, 2.45) is 0 Å². The van der Waals surface area contributed by atoms with Crippen LogP contribution in [0.3, 0.4) is 0 Å². The van der Waals surface area contributed by atoms with Crippen LogP contribution in [0.4, 0.5) is 5.82 Å². The highest BCUT2D eigenvalue weighted by Gasteiger charge is 2.40. The van der Waals surface area contributed by atoms with E-state index in [0.29, 0.717) is 0 Å². The van der Waals surface area contributed by atoms with Gasteiger partial charge in [-0.2, -0.15) is 0 Å². The number of hydrogen-bond acceptors (Lipinski definition) is 4. The Kier molecular flexibility index (Phi) is 4.43. The summed E-state index contributed by atoms with van der Waals surface area (Å²) in [5.41, 5.74) is 2.37. The fraction of sp³-hybridized carbons (Fsp3) is 0.765. The molecule has 1 saturated carbocycles. The largest absolute Gasteiger partial charge is 0.370 e. The molecule has 0 unspecified atom stereocenters. The molecule has 0 amide bonds. The summed E-state index contributed by atoms with van der Waals surface area (Å²) in [7, 11) is 0. The summed E-state index contributed by atoms with van der Waals surface area (Å²) in [6, 6.07) is 0. The van der Waals surface area contributed by atoms with Gasteiger partial charge in [0.05, 0.1) is 0 Å². The smallest absolute Gasteiger partial charge is 0.162 e. The first kappa shape index (κ1) is 14.8. The van der Waals surface area contributed by atoms with Crippen molar-refractivity contribution >= 4 is 5.82 Å². The van der Waals surface area contributed by atoms with Gasteiger partial charge in [0, 0.05) is 24.4 Å². The SMILES string of the molecule is CCCNc1nc(C2(OCC)CCCC2)nc2c1CCC2. The van der Waals surface area contributed by atoms with Gasteiger partial charge in [-0.1, -0.05) is 6.92 Å². The fourth-order valence-corrected chi connectivity index (χ4v) is 3.68. The molecule has 0 atom stereocenters. The van der Waals surface area contributed by atoms with E-state index in [1.807, 2.05) is 0 Å². The fourth-order valence-electron chi connectivity index (χ4n) is 3.68. The standard InChI is InChI=1S/C17H27N3O/c1-3-12-18-15-13-8-7-9-14(13)19-16(20-15)17(21-4-2)10-5-6-11-17/h3-12H2,1-2H3,(H,18,19,20). The highest BCUT2D eigenvalue weighted by Crippen LogP contribution is 2.42. The van der Waals surface area contributed by atoms with E-state index in [1.54, 1.807) is 0 Å². The normalized spacial score (nSPS) is 19.7. The molecule has 1 fully saturated rings. The molecule has 0 radical (unpaired) electrons. The lowest BCUT2D eigenvalue weighted by molar-refractivity contribution is -0.0457. The minimum absolute atomic E-state index is 0.227. The van der Waals surface area contributed by atoms with Crippen molar-refractivity contribution in [3.8, 4) is 0 Å². The molecular weight excluding hydrogens is 262 g/mol. The first-order valence-electron chi connectivity index (χ1n) is 8.57. The maximum Gasteiger partial charge on any atom is 0.162 e. The molecule has 1 N–H and O–H groups in total. The summed E-state index contributed by atoms with van der Waals surface area (Å²) in [4.78, 5) is 9.83. The maximum atomic E-state index is 6.14. The Hall–Kier alpha value is -1.16. The topological polar surface area (TPSA) is 47.0 Å². The molecule has 0 aromatic carbocycles. The Labute approximate surface area is 127 Å². The number of fused-ring (bicyclic) bond motifs is 1. The first-order valence-corrected chi connectivity index (χ1v) is 8.57. The third-order valence-electron chi connectivity index (χ3n) is 4.71. The lowest BCUT2D eigenvalue weighted by atomic mass is 10.0. The summed E-state index contributed by atoms with van der Waals surface area (Å²) in [6.45, 7) is 5.97. The average Bonchev–Trinajstić information content (AvgIpc) is 3.14. The molecule has 0 saturated heterocycles. The number of nitrogens with zero attached hydrogens (tertiary/aromatic N) is 2. The van der Waals surface area contributed by atoms with Crippen LogP contribution in [0.1, 0.15) is 69.5 Å². The molecule has 1 aromatic heterocycles. The lowest BCUT2D eigenvalue weighted by Crippen LogP contribution is -2.30. The van der Waals surface area contributed by atoms with Gasteiger partial charge in [0.2, 0.25) is 0 Å². The number of ether oxygens (including phenoxy) is 1. The zero-order valence-corrected chi connectivity index (χ0v) is 13.4. The van der Waals surface area contributed by atoms with E-state index in [1.165, 1.54) is 30.5 Å². The quantitative estimate of drug-likeness (QED) is 0.869. The lowest BCUT2D eigenvalue weighted by Gasteiger charge is -2.28. The minimum Gasteiger partial charge on any atom is -0.370 e. The molecule has 3 rings (SSSR count). The number of anilines is 1. The molecule has 0 spiro atoms. The number of aromatic nitrogens is 2. The third-order valence-corrected chi connectivity index (χ3v) is 4.71. The summed E-state index contributed by atoms with van der Waals surface area (Å²) < 4.78 is 6.14. The van der Waals surface area contributed by atoms with E-state index in [0.717, 1.165) is 56.9 Å². The van der Waals surface area contributed by atoms with E-state index in [-0.39, 0.29) is 5.60 Å². The van der Waals surface area contributed by atoms with Crippen molar-refractivity contribution in [1.29, 1.82) is 0 Å². The highest BCUT2D eigenvalue weighted by molar-refractivity contribution is 5.49. The average molecular weight is 289 g/mol. The first-order chi connectivity index (χ1) is 10.3. The minimum atomic E-state index is -0.227. The van der Waals surface area contributed by atoms with Gasteiger partial charge in [0.25, 0.3) is 0 Å². The van der Waals surface area contributed by atoms with Crippen molar-refractivity contribution in [1.82, 2.24) is 9.97 Å². The molecule has 21 heavy (non-hydrogen) atoms. The van der Waals surface area contributed by atoms with Crippen LogP contribution in [0.5, 0.6) is 0 Å². The van der Waals surface area contributed by atoms with Gasteiger partial charge in [-0.05, 0) is 58.3 Å².